The third kappa shape index (κ3) is 15.2. The number of hydrogen-bond donors (Lipinski definition) is 5. The molecule has 0 bridgehead atoms. The first-order valence-corrected chi connectivity index (χ1v) is 9.86. The van der Waals surface area contributed by atoms with Crippen molar-refractivity contribution < 1.29 is 19.8 Å². The Morgan fingerprint density at radius 1 is 0.867 bits per heavy atom. The number of carbonyl (C=O) groups is 2. The summed E-state index contributed by atoms with van der Waals surface area (Å²) in [5.74, 6) is -2.50. The molecule has 2 unspecified atom stereocenters. The summed E-state index contributed by atoms with van der Waals surface area (Å²) in [5, 5.41) is 19.2. The van der Waals surface area contributed by atoms with Gasteiger partial charge in [-0.05, 0) is 44.9 Å². The monoisotopic (exact) mass is 417 g/mol. The number of aliphatic carboxylic acids is 2. The summed E-state index contributed by atoms with van der Waals surface area (Å²) in [6.45, 7) is 4.21. The number of carboxylic acids is 2. The van der Waals surface area contributed by atoms with Gasteiger partial charge in [0.15, 0.2) is 0 Å². The van der Waals surface area contributed by atoms with E-state index < -0.39 is 24.4 Å². The molecule has 30 heavy (non-hydrogen) atoms. The van der Waals surface area contributed by atoms with E-state index in [0.29, 0.717) is 6.04 Å². The minimum absolute atomic E-state index is 0.266. The maximum Gasteiger partial charge on any atom is 0.321 e. The number of rotatable bonds is 8. The van der Waals surface area contributed by atoms with E-state index in [2.05, 4.69) is 48.6 Å². The number of hydrogen-bond acceptors (Lipinski definition) is 5. The molecule has 0 fully saturated rings. The van der Waals surface area contributed by atoms with Crippen molar-refractivity contribution in [1.29, 1.82) is 0 Å². The van der Waals surface area contributed by atoms with Crippen molar-refractivity contribution in [2.24, 2.45) is 11.5 Å². The van der Waals surface area contributed by atoms with Gasteiger partial charge in [0.1, 0.15) is 6.04 Å². The van der Waals surface area contributed by atoms with Gasteiger partial charge in [-0.1, -0.05) is 60.7 Å². The van der Waals surface area contributed by atoms with Crippen LogP contribution in [0.2, 0.25) is 0 Å². The molecular weight excluding hydrogens is 382 g/mol. The maximum absolute atomic E-state index is 9.85. The highest BCUT2D eigenvalue weighted by atomic mass is 16.4. The normalized spacial score (nSPS) is 12.8. The van der Waals surface area contributed by atoms with Crippen LogP contribution in [0.15, 0.2) is 60.7 Å². The molecule has 0 aliphatic rings. The minimum atomic E-state index is -1.29. The van der Waals surface area contributed by atoms with E-state index in [4.69, 9.17) is 21.7 Å². The molecule has 7 heteroatoms. The van der Waals surface area contributed by atoms with Crippen molar-refractivity contribution in [3.8, 4) is 0 Å². The Kier molecular flexibility index (Phi) is 14.6. The predicted molar refractivity (Wildman–Crippen MR) is 120 cm³/mol. The quantitative estimate of drug-likeness (QED) is 0.444. The molecule has 0 heterocycles. The van der Waals surface area contributed by atoms with E-state index in [0.717, 1.165) is 12.8 Å². The van der Waals surface area contributed by atoms with Gasteiger partial charge in [-0.25, -0.2) is 0 Å². The SMILES string of the molecule is CC(N)Cc1ccccc1.CNC(C)Cc1ccccc1.N[C@@H](CC(=O)O)C(=O)O. The number of likely N-dealkylation sites (N-methyl/N-ethyl adjacent to an activating group) is 1. The van der Waals surface area contributed by atoms with Gasteiger partial charge in [-0.2, -0.15) is 0 Å². The van der Waals surface area contributed by atoms with Gasteiger partial charge in [0.2, 0.25) is 0 Å². The molecule has 7 N–H and O–H groups in total. The van der Waals surface area contributed by atoms with E-state index in [-0.39, 0.29) is 6.04 Å². The van der Waals surface area contributed by atoms with Crippen molar-refractivity contribution in [2.45, 2.75) is 51.2 Å². The lowest BCUT2D eigenvalue weighted by molar-refractivity contribution is -0.144. The zero-order chi connectivity index (χ0) is 22.9. The first-order valence-electron chi connectivity index (χ1n) is 9.86. The Hall–Kier alpha value is -2.74. The van der Waals surface area contributed by atoms with E-state index in [9.17, 15) is 9.59 Å². The van der Waals surface area contributed by atoms with Gasteiger partial charge in [0, 0.05) is 12.1 Å². The molecule has 0 radical (unpaired) electrons. The van der Waals surface area contributed by atoms with E-state index in [1.165, 1.54) is 11.1 Å². The number of nitrogens with two attached hydrogens (primary N) is 2. The van der Waals surface area contributed by atoms with Crippen LogP contribution in [0.25, 0.3) is 0 Å². The second kappa shape index (κ2) is 16.1. The molecule has 0 saturated heterocycles. The van der Waals surface area contributed by atoms with Crippen LogP contribution < -0.4 is 16.8 Å². The minimum Gasteiger partial charge on any atom is -0.481 e. The van der Waals surface area contributed by atoms with Crippen molar-refractivity contribution >= 4 is 11.9 Å². The average Bonchev–Trinajstić information content (AvgIpc) is 2.69. The second-order valence-electron chi connectivity index (χ2n) is 7.09. The highest BCUT2D eigenvalue weighted by molar-refractivity contribution is 5.80. The van der Waals surface area contributed by atoms with E-state index in [1.807, 2.05) is 38.2 Å². The third-order valence-electron chi connectivity index (χ3n) is 3.99. The second-order valence-corrected chi connectivity index (χ2v) is 7.09. The lowest BCUT2D eigenvalue weighted by atomic mass is 10.1. The molecule has 7 nitrogen and oxygen atoms in total. The smallest absolute Gasteiger partial charge is 0.321 e. The van der Waals surface area contributed by atoms with Crippen LogP contribution in [0.3, 0.4) is 0 Å². The summed E-state index contributed by atoms with van der Waals surface area (Å²) in [6.07, 6.45) is 1.55. The number of nitrogens with one attached hydrogen (secondary N) is 1. The van der Waals surface area contributed by atoms with Crippen LogP contribution >= 0.6 is 0 Å². The maximum atomic E-state index is 9.85. The predicted octanol–water partition coefficient (Wildman–Crippen LogP) is 2.29. The number of benzene rings is 2. The summed E-state index contributed by atoms with van der Waals surface area (Å²) in [7, 11) is 1.99. The van der Waals surface area contributed by atoms with Crippen molar-refractivity contribution in [3.63, 3.8) is 0 Å². The standard InChI is InChI=1S/C10H15N.C9H13N.C4H7NO4/c1-9(11-2)8-10-6-4-3-5-7-10;1-8(10)7-9-5-3-2-4-6-9;5-2(4(8)9)1-3(6)7/h3-7,9,11H,8H2,1-2H3;2-6,8H,7,10H2,1H3;2H,1,5H2,(H,6,7)(H,8,9)/t;;2-/m..0/s1. The first-order chi connectivity index (χ1) is 14.1. The summed E-state index contributed by atoms with van der Waals surface area (Å²) in [6, 6.07) is 20.4. The Labute approximate surface area is 179 Å². The van der Waals surface area contributed by atoms with Crippen LogP contribution in [0, 0.1) is 0 Å². The molecule has 3 atom stereocenters. The molecule has 0 aliphatic carbocycles. The van der Waals surface area contributed by atoms with Gasteiger partial charge >= 0.3 is 11.9 Å². The zero-order valence-electron chi connectivity index (χ0n) is 18.0. The van der Waals surface area contributed by atoms with Crippen LogP contribution in [0.5, 0.6) is 0 Å². The summed E-state index contributed by atoms with van der Waals surface area (Å²) in [4.78, 5) is 19.6. The van der Waals surface area contributed by atoms with E-state index >= 15 is 0 Å². The van der Waals surface area contributed by atoms with Crippen molar-refractivity contribution in [1.82, 2.24) is 5.32 Å². The Morgan fingerprint density at radius 3 is 1.60 bits per heavy atom. The Morgan fingerprint density at radius 2 is 1.30 bits per heavy atom. The fourth-order valence-corrected chi connectivity index (χ4v) is 2.33. The summed E-state index contributed by atoms with van der Waals surface area (Å²) < 4.78 is 0. The molecule has 2 rings (SSSR count). The molecule has 2 aromatic carbocycles. The van der Waals surface area contributed by atoms with Crippen molar-refractivity contribution in [2.75, 3.05) is 7.05 Å². The Balaban J connectivity index is 0.000000423. The largest absolute Gasteiger partial charge is 0.481 e. The average molecular weight is 418 g/mol. The molecular formula is C23H35N3O4. The summed E-state index contributed by atoms with van der Waals surface area (Å²) >= 11 is 0. The van der Waals surface area contributed by atoms with Gasteiger partial charge < -0.3 is 27.0 Å². The highest BCUT2D eigenvalue weighted by Gasteiger charge is 2.14. The van der Waals surface area contributed by atoms with Crippen LogP contribution in [-0.4, -0.2) is 47.3 Å². The van der Waals surface area contributed by atoms with Crippen LogP contribution in [-0.2, 0) is 22.4 Å². The highest BCUT2D eigenvalue weighted by Crippen LogP contribution is 2.02. The molecule has 0 saturated carbocycles. The fourth-order valence-electron chi connectivity index (χ4n) is 2.33. The molecule has 2 aromatic rings. The fraction of sp³-hybridized carbons (Fsp3) is 0.391. The first kappa shape index (κ1) is 27.3. The molecule has 0 aliphatic heterocycles. The van der Waals surface area contributed by atoms with Gasteiger partial charge in [-0.3, -0.25) is 9.59 Å². The molecule has 0 aromatic heterocycles. The molecule has 0 spiro atoms. The molecule has 0 amide bonds. The summed E-state index contributed by atoms with van der Waals surface area (Å²) in [5.41, 5.74) is 13.2. The van der Waals surface area contributed by atoms with Gasteiger partial charge in [-0.15, -0.1) is 0 Å². The lowest BCUT2D eigenvalue weighted by Gasteiger charge is -2.08. The van der Waals surface area contributed by atoms with Gasteiger partial charge in [0.05, 0.1) is 6.42 Å². The lowest BCUT2D eigenvalue weighted by Crippen LogP contribution is -2.32. The molecule has 166 valence electrons. The van der Waals surface area contributed by atoms with Gasteiger partial charge in [0.25, 0.3) is 0 Å². The zero-order valence-corrected chi connectivity index (χ0v) is 18.0. The third-order valence-corrected chi connectivity index (χ3v) is 3.99. The van der Waals surface area contributed by atoms with E-state index in [1.54, 1.807) is 0 Å². The topological polar surface area (TPSA) is 139 Å². The Bertz CT molecular complexity index is 709. The van der Waals surface area contributed by atoms with Crippen LogP contribution in [0.4, 0.5) is 0 Å². The van der Waals surface area contributed by atoms with Crippen molar-refractivity contribution in [3.05, 3.63) is 71.8 Å². The van der Waals surface area contributed by atoms with Crippen LogP contribution in [0.1, 0.15) is 31.4 Å². The number of carboxylic acid groups (broad SMARTS) is 2.